The standard InChI is InChI=1S/C10H21NO2/c1-5-9(11(3)4)8(2)6-7-10(12)13/h8-9H,5-7H2,1-4H3,(H,12,13). The molecule has 0 saturated carbocycles. The average Bonchev–Trinajstić information content (AvgIpc) is 2.01. The monoisotopic (exact) mass is 187 g/mol. The van der Waals surface area contributed by atoms with E-state index in [4.69, 9.17) is 5.11 Å². The summed E-state index contributed by atoms with van der Waals surface area (Å²) >= 11 is 0. The fourth-order valence-corrected chi connectivity index (χ4v) is 1.82. The zero-order chi connectivity index (χ0) is 10.4. The summed E-state index contributed by atoms with van der Waals surface area (Å²) in [6.45, 7) is 4.26. The molecule has 0 bridgehead atoms. The molecule has 0 fully saturated rings. The van der Waals surface area contributed by atoms with Gasteiger partial charge in [-0.15, -0.1) is 0 Å². The lowest BCUT2D eigenvalue weighted by Gasteiger charge is -2.28. The zero-order valence-electron chi connectivity index (χ0n) is 9.08. The van der Waals surface area contributed by atoms with Gasteiger partial charge in [0, 0.05) is 12.5 Å². The minimum atomic E-state index is -0.694. The van der Waals surface area contributed by atoms with Gasteiger partial charge in [-0.3, -0.25) is 4.79 Å². The maximum Gasteiger partial charge on any atom is 0.303 e. The number of aliphatic carboxylic acids is 1. The highest BCUT2D eigenvalue weighted by Crippen LogP contribution is 2.17. The molecule has 0 saturated heterocycles. The van der Waals surface area contributed by atoms with Gasteiger partial charge in [-0.2, -0.15) is 0 Å². The van der Waals surface area contributed by atoms with Crippen LogP contribution in [0.25, 0.3) is 0 Å². The number of hydrogen-bond donors (Lipinski definition) is 1. The molecule has 3 heteroatoms. The number of nitrogens with zero attached hydrogens (tertiary/aromatic N) is 1. The lowest BCUT2D eigenvalue weighted by Crippen LogP contribution is -2.33. The second-order valence-electron chi connectivity index (χ2n) is 3.85. The Kier molecular flexibility index (Phi) is 5.71. The minimum absolute atomic E-state index is 0.283. The molecule has 0 spiro atoms. The van der Waals surface area contributed by atoms with Crippen molar-refractivity contribution in [2.45, 2.75) is 39.2 Å². The van der Waals surface area contributed by atoms with E-state index in [2.05, 4.69) is 18.7 Å². The summed E-state index contributed by atoms with van der Waals surface area (Å²) in [7, 11) is 4.09. The molecule has 0 aromatic carbocycles. The Morgan fingerprint density at radius 2 is 2.00 bits per heavy atom. The Morgan fingerprint density at radius 1 is 1.46 bits per heavy atom. The number of carboxylic acids is 1. The van der Waals surface area contributed by atoms with Crippen LogP contribution in [0.3, 0.4) is 0 Å². The molecule has 0 radical (unpaired) electrons. The highest BCUT2D eigenvalue weighted by Gasteiger charge is 2.17. The summed E-state index contributed by atoms with van der Waals surface area (Å²) in [5.41, 5.74) is 0. The van der Waals surface area contributed by atoms with E-state index in [1.165, 1.54) is 0 Å². The highest BCUT2D eigenvalue weighted by atomic mass is 16.4. The third kappa shape index (κ3) is 4.88. The summed E-state index contributed by atoms with van der Waals surface area (Å²) < 4.78 is 0. The smallest absolute Gasteiger partial charge is 0.303 e. The predicted molar refractivity (Wildman–Crippen MR) is 53.8 cm³/mol. The first kappa shape index (κ1) is 12.4. The number of carbonyl (C=O) groups is 1. The third-order valence-corrected chi connectivity index (χ3v) is 2.55. The van der Waals surface area contributed by atoms with Crippen molar-refractivity contribution in [1.82, 2.24) is 4.90 Å². The molecule has 2 unspecified atom stereocenters. The van der Waals surface area contributed by atoms with Gasteiger partial charge in [0.05, 0.1) is 0 Å². The van der Waals surface area contributed by atoms with Gasteiger partial charge in [0.15, 0.2) is 0 Å². The van der Waals surface area contributed by atoms with E-state index in [1.54, 1.807) is 0 Å². The van der Waals surface area contributed by atoms with Crippen molar-refractivity contribution < 1.29 is 9.90 Å². The minimum Gasteiger partial charge on any atom is -0.481 e. The van der Waals surface area contributed by atoms with Gasteiger partial charge in [-0.1, -0.05) is 13.8 Å². The first-order valence-electron chi connectivity index (χ1n) is 4.87. The van der Waals surface area contributed by atoms with Gasteiger partial charge in [0.1, 0.15) is 0 Å². The summed E-state index contributed by atoms with van der Waals surface area (Å²) in [5.74, 6) is -0.239. The summed E-state index contributed by atoms with van der Waals surface area (Å²) in [6.07, 6.45) is 2.13. The van der Waals surface area contributed by atoms with E-state index in [9.17, 15) is 4.79 Å². The van der Waals surface area contributed by atoms with E-state index in [0.29, 0.717) is 12.0 Å². The SMILES string of the molecule is CCC(C(C)CCC(=O)O)N(C)C. The largest absolute Gasteiger partial charge is 0.481 e. The zero-order valence-corrected chi connectivity index (χ0v) is 9.08. The summed E-state index contributed by atoms with van der Waals surface area (Å²) in [6, 6.07) is 0.499. The molecule has 0 aliphatic rings. The molecule has 0 amide bonds. The van der Waals surface area contributed by atoms with Gasteiger partial charge in [0.2, 0.25) is 0 Å². The molecule has 1 N–H and O–H groups in total. The van der Waals surface area contributed by atoms with Crippen molar-refractivity contribution in [3.8, 4) is 0 Å². The first-order valence-corrected chi connectivity index (χ1v) is 4.87. The molecule has 0 aliphatic heterocycles. The van der Waals surface area contributed by atoms with Crippen molar-refractivity contribution in [3.63, 3.8) is 0 Å². The Balaban J connectivity index is 3.91. The number of rotatable bonds is 6. The van der Waals surface area contributed by atoms with Crippen LogP contribution in [0.4, 0.5) is 0 Å². The Hall–Kier alpha value is -0.570. The van der Waals surface area contributed by atoms with E-state index < -0.39 is 5.97 Å². The van der Waals surface area contributed by atoms with E-state index in [0.717, 1.165) is 12.8 Å². The van der Waals surface area contributed by atoms with E-state index in [1.807, 2.05) is 14.1 Å². The molecule has 0 aromatic heterocycles. The molecule has 0 aromatic rings. The van der Waals surface area contributed by atoms with Crippen LogP contribution in [-0.4, -0.2) is 36.1 Å². The Bertz CT molecular complexity index is 157. The first-order chi connectivity index (χ1) is 5.99. The number of hydrogen-bond acceptors (Lipinski definition) is 2. The van der Waals surface area contributed by atoms with Crippen LogP contribution in [0.1, 0.15) is 33.1 Å². The van der Waals surface area contributed by atoms with Crippen molar-refractivity contribution in [1.29, 1.82) is 0 Å². The molecular weight excluding hydrogens is 166 g/mol. The summed E-state index contributed by atoms with van der Waals surface area (Å²) in [5, 5.41) is 8.54. The van der Waals surface area contributed by atoms with Gasteiger partial charge in [-0.05, 0) is 32.9 Å². The van der Waals surface area contributed by atoms with Crippen LogP contribution in [-0.2, 0) is 4.79 Å². The van der Waals surface area contributed by atoms with Crippen LogP contribution in [0.2, 0.25) is 0 Å². The molecule has 0 aliphatic carbocycles. The Morgan fingerprint density at radius 3 is 2.31 bits per heavy atom. The maximum atomic E-state index is 10.4. The van der Waals surface area contributed by atoms with Gasteiger partial charge >= 0.3 is 5.97 Å². The lowest BCUT2D eigenvalue weighted by molar-refractivity contribution is -0.137. The van der Waals surface area contributed by atoms with Crippen molar-refractivity contribution >= 4 is 5.97 Å². The molecule has 0 heterocycles. The highest BCUT2D eigenvalue weighted by molar-refractivity contribution is 5.66. The quantitative estimate of drug-likeness (QED) is 0.689. The van der Waals surface area contributed by atoms with Crippen molar-refractivity contribution in [3.05, 3.63) is 0 Å². The van der Waals surface area contributed by atoms with Gasteiger partial charge < -0.3 is 10.0 Å². The van der Waals surface area contributed by atoms with Crippen LogP contribution < -0.4 is 0 Å². The summed E-state index contributed by atoms with van der Waals surface area (Å²) in [4.78, 5) is 12.5. The van der Waals surface area contributed by atoms with Crippen LogP contribution in [0.15, 0.2) is 0 Å². The lowest BCUT2D eigenvalue weighted by atomic mass is 9.94. The fraction of sp³-hybridized carbons (Fsp3) is 0.900. The van der Waals surface area contributed by atoms with Crippen LogP contribution >= 0.6 is 0 Å². The maximum absolute atomic E-state index is 10.4. The van der Waals surface area contributed by atoms with E-state index in [-0.39, 0.29) is 6.42 Å². The second-order valence-corrected chi connectivity index (χ2v) is 3.85. The fourth-order valence-electron chi connectivity index (χ4n) is 1.82. The normalized spacial score (nSPS) is 15.8. The molecule has 0 rings (SSSR count). The van der Waals surface area contributed by atoms with Gasteiger partial charge in [0.25, 0.3) is 0 Å². The van der Waals surface area contributed by atoms with Gasteiger partial charge in [-0.25, -0.2) is 0 Å². The van der Waals surface area contributed by atoms with Crippen LogP contribution in [0.5, 0.6) is 0 Å². The third-order valence-electron chi connectivity index (χ3n) is 2.55. The predicted octanol–water partition coefficient (Wildman–Crippen LogP) is 1.83. The van der Waals surface area contributed by atoms with Crippen molar-refractivity contribution in [2.75, 3.05) is 14.1 Å². The molecule has 3 nitrogen and oxygen atoms in total. The Labute approximate surface area is 80.7 Å². The number of carboxylic acid groups (broad SMARTS) is 1. The second kappa shape index (κ2) is 5.97. The topological polar surface area (TPSA) is 40.5 Å². The molecule has 78 valence electrons. The molecular formula is C10H21NO2. The average molecular weight is 187 g/mol. The molecule has 2 atom stereocenters. The van der Waals surface area contributed by atoms with E-state index >= 15 is 0 Å². The molecule has 13 heavy (non-hydrogen) atoms. The van der Waals surface area contributed by atoms with Crippen molar-refractivity contribution in [2.24, 2.45) is 5.92 Å². The van der Waals surface area contributed by atoms with Crippen LogP contribution in [0, 0.1) is 5.92 Å².